The van der Waals surface area contributed by atoms with Gasteiger partial charge in [-0.15, -0.1) is 0 Å². The van der Waals surface area contributed by atoms with Crippen LogP contribution >= 0.6 is 11.6 Å². The van der Waals surface area contributed by atoms with Crippen molar-refractivity contribution < 1.29 is 0 Å². The second-order valence-electron chi connectivity index (χ2n) is 7.30. The van der Waals surface area contributed by atoms with E-state index in [1.165, 1.54) is 11.8 Å². The van der Waals surface area contributed by atoms with Gasteiger partial charge in [0.15, 0.2) is 0 Å². The summed E-state index contributed by atoms with van der Waals surface area (Å²) in [6.45, 7) is 0.639. The summed E-state index contributed by atoms with van der Waals surface area (Å²) in [5, 5.41) is 12.2. The molecular formula is C24H24ClN5. The van der Waals surface area contributed by atoms with E-state index in [9.17, 15) is 0 Å². The van der Waals surface area contributed by atoms with Crippen LogP contribution in [-0.4, -0.2) is 21.2 Å². The molecule has 2 aromatic carbocycles. The van der Waals surface area contributed by atoms with Gasteiger partial charge in [0.25, 0.3) is 0 Å². The van der Waals surface area contributed by atoms with E-state index in [4.69, 9.17) is 17.0 Å². The van der Waals surface area contributed by atoms with Crippen LogP contribution < -0.4 is 5.32 Å². The van der Waals surface area contributed by atoms with Crippen LogP contribution in [0.1, 0.15) is 30.4 Å². The number of nitrogens with one attached hydrogen (secondary N) is 3. The first kappa shape index (κ1) is 20.1. The summed E-state index contributed by atoms with van der Waals surface area (Å²) in [5.74, 6) is 0.797. The molecule has 0 unspecified atom stereocenters. The van der Waals surface area contributed by atoms with E-state index < -0.39 is 0 Å². The molecule has 2 heterocycles. The lowest BCUT2D eigenvalue weighted by Gasteiger charge is -2.06. The van der Waals surface area contributed by atoms with Crippen LogP contribution in [0.15, 0.2) is 60.9 Å². The molecule has 30 heavy (non-hydrogen) atoms. The number of H-pyrrole nitrogens is 1. The lowest BCUT2D eigenvalue weighted by molar-refractivity contribution is 0.765. The zero-order valence-corrected chi connectivity index (χ0v) is 17.4. The number of aromatic amines is 1. The molecule has 4 aromatic rings. The molecule has 3 N–H and O–H groups in total. The Balaban J connectivity index is 1.49. The third kappa shape index (κ3) is 4.86. The molecule has 2 aromatic heterocycles. The Kier molecular flexibility index (Phi) is 6.40. The number of aromatic nitrogens is 3. The average molecular weight is 418 g/mol. The summed E-state index contributed by atoms with van der Waals surface area (Å²) < 4.78 is 0. The van der Waals surface area contributed by atoms with E-state index >= 15 is 0 Å². The van der Waals surface area contributed by atoms with E-state index in [1.807, 2.05) is 24.3 Å². The number of aryl methyl sites for hydroxylation is 1. The third-order valence-corrected chi connectivity index (χ3v) is 5.34. The van der Waals surface area contributed by atoms with Crippen molar-refractivity contribution in [2.45, 2.75) is 32.2 Å². The monoisotopic (exact) mass is 417 g/mol. The molecule has 5 nitrogen and oxygen atoms in total. The van der Waals surface area contributed by atoms with Crippen LogP contribution in [0.3, 0.4) is 0 Å². The Morgan fingerprint density at radius 2 is 1.87 bits per heavy atom. The first-order valence-electron chi connectivity index (χ1n) is 10.1. The zero-order valence-electron chi connectivity index (χ0n) is 16.7. The number of rotatable bonds is 9. The van der Waals surface area contributed by atoms with Crippen molar-refractivity contribution in [3.05, 3.63) is 77.1 Å². The zero-order chi connectivity index (χ0) is 20.8. The highest BCUT2D eigenvalue weighted by molar-refractivity contribution is 6.30. The predicted octanol–water partition coefficient (Wildman–Crippen LogP) is 6.25. The molecule has 0 amide bonds. The standard InChI is InChI=1S/C24H24ClN5/c25-20-7-4-6-18(13-20)15-27-23-21-14-22(30-24(21)29-16-28-23)19-10-8-17(9-11-19)5-2-1-3-12-26/h4,6-14,16,26H,1-3,5,15H2,(H2,27,28,29,30). The minimum Gasteiger partial charge on any atom is -0.365 e. The Morgan fingerprint density at radius 1 is 1.00 bits per heavy atom. The molecule has 0 fully saturated rings. The molecule has 0 saturated heterocycles. The number of hydrogen-bond donors (Lipinski definition) is 3. The number of nitrogens with zero attached hydrogens (tertiary/aromatic N) is 2. The van der Waals surface area contributed by atoms with Gasteiger partial charge >= 0.3 is 0 Å². The SMILES string of the molecule is N=CCCCCc1ccc(-c2cc3c(NCc4cccc(Cl)c4)ncnc3[nH]2)cc1. The van der Waals surface area contributed by atoms with E-state index in [0.717, 1.165) is 64.4 Å². The van der Waals surface area contributed by atoms with Crippen LogP contribution in [-0.2, 0) is 13.0 Å². The number of halogens is 1. The fourth-order valence-electron chi connectivity index (χ4n) is 3.50. The molecule has 152 valence electrons. The number of hydrogen-bond acceptors (Lipinski definition) is 4. The topological polar surface area (TPSA) is 77.5 Å². The highest BCUT2D eigenvalue weighted by atomic mass is 35.5. The molecule has 0 saturated carbocycles. The second kappa shape index (κ2) is 9.55. The highest BCUT2D eigenvalue weighted by Gasteiger charge is 2.09. The molecule has 0 atom stereocenters. The Hall–Kier alpha value is -3.18. The minimum absolute atomic E-state index is 0.639. The van der Waals surface area contributed by atoms with Gasteiger partial charge in [-0.05, 0) is 66.8 Å². The lowest BCUT2D eigenvalue weighted by atomic mass is 10.0. The first-order valence-corrected chi connectivity index (χ1v) is 10.5. The highest BCUT2D eigenvalue weighted by Crippen LogP contribution is 2.27. The second-order valence-corrected chi connectivity index (χ2v) is 7.73. The van der Waals surface area contributed by atoms with Crippen LogP contribution in [0.2, 0.25) is 5.02 Å². The van der Waals surface area contributed by atoms with Gasteiger partial charge in [0.05, 0.1) is 5.39 Å². The molecule has 0 aliphatic heterocycles. The fraction of sp³-hybridized carbons (Fsp3) is 0.208. The smallest absolute Gasteiger partial charge is 0.143 e. The lowest BCUT2D eigenvalue weighted by Crippen LogP contribution is -2.01. The fourth-order valence-corrected chi connectivity index (χ4v) is 3.71. The van der Waals surface area contributed by atoms with Crippen LogP contribution in [0.5, 0.6) is 0 Å². The van der Waals surface area contributed by atoms with Crippen molar-refractivity contribution in [2.24, 2.45) is 0 Å². The molecule has 4 rings (SSSR count). The summed E-state index contributed by atoms with van der Waals surface area (Å²) in [6.07, 6.45) is 7.14. The number of unbranched alkanes of at least 4 members (excludes halogenated alkanes) is 2. The van der Waals surface area contributed by atoms with Gasteiger partial charge in [-0.3, -0.25) is 0 Å². The summed E-state index contributed by atoms with van der Waals surface area (Å²) in [7, 11) is 0. The quantitative estimate of drug-likeness (QED) is 0.222. The molecule has 6 heteroatoms. The molecule has 0 aliphatic carbocycles. The van der Waals surface area contributed by atoms with Crippen LogP contribution in [0.25, 0.3) is 22.3 Å². The van der Waals surface area contributed by atoms with Gasteiger partial charge in [0.1, 0.15) is 17.8 Å². The van der Waals surface area contributed by atoms with Crippen molar-refractivity contribution in [2.75, 3.05) is 5.32 Å². The van der Waals surface area contributed by atoms with Gasteiger partial charge in [0, 0.05) is 17.3 Å². The van der Waals surface area contributed by atoms with Gasteiger partial charge in [0.2, 0.25) is 0 Å². The third-order valence-electron chi connectivity index (χ3n) is 5.10. The Morgan fingerprint density at radius 3 is 2.67 bits per heavy atom. The van der Waals surface area contributed by atoms with Crippen molar-refractivity contribution in [3.8, 4) is 11.3 Å². The maximum absolute atomic E-state index is 7.10. The van der Waals surface area contributed by atoms with Gasteiger partial charge in [-0.2, -0.15) is 0 Å². The Labute approximate surface area is 181 Å². The molecule has 0 bridgehead atoms. The number of fused-ring (bicyclic) bond motifs is 1. The minimum atomic E-state index is 0.639. The van der Waals surface area contributed by atoms with Crippen LogP contribution in [0.4, 0.5) is 5.82 Å². The van der Waals surface area contributed by atoms with Gasteiger partial charge in [-0.1, -0.05) is 48.0 Å². The molecule has 0 spiro atoms. The van der Waals surface area contributed by atoms with Gasteiger partial charge < -0.3 is 15.7 Å². The predicted molar refractivity (Wildman–Crippen MR) is 124 cm³/mol. The van der Waals surface area contributed by atoms with Crippen molar-refractivity contribution >= 4 is 34.7 Å². The summed E-state index contributed by atoms with van der Waals surface area (Å²) in [4.78, 5) is 12.2. The van der Waals surface area contributed by atoms with Crippen molar-refractivity contribution in [3.63, 3.8) is 0 Å². The van der Waals surface area contributed by atoms with E-state index in [-0.39, 0.29) is 0 Å². The van der Waals surface area contributed by atoms with Crippen molar-refractivity contribution in [1.29, 1.82) is 5.41 Å². The maximum atomic E-state index is 7.10. The number of anilines is 1. The Bertz CT molecular complexity index is 1130. The van der Waals surface area contributed by atoms with E-state index in [0.29, 0.717) is 6.54 Å². The number of benzene rings is 2. The average Bonchev–Trinajstić information content (AvgIpc) is 3.21. The van der Waals surface area contributed by atoms with Crippen LogP contribution in [0, 0.1) is 5.41 Å². The summed E-state index contributed by atoms with van der Waals surface area (Å²) in [6, 6.07) is 18.5. The summed E-state index contributed by atoms with van der Waals surface area (Å²) in [5.41, 5.74) is 5.37. The molecule has 0 aliphatic rings. The van der Waals surface area contributed by atoms with Gasteiger partial charge in [-0.25, -0.2) is 9.97 Å². The summed E-state index contributed by atoms with van der Waals surface area (Å²) >= 11 is 6.08. The molecule has 0 radical (unpaired) electrons. The normalized spacial score (nSPS) is 11.0. The first-order chi connectivity index (χ1) is 14.7. The molecular weight excluding hydrogens is 394 g/mol. The largest absolute Gasteiger partial charge is 0.365 e. The maximum Gasteiger partial charge on any atom is 0.143 e. The van der Waals surface area contributed by atoms with E-state index in [1.54, 1.807) is 6.33 Å². The van der Waals surface area contributed by atoms with Crippen molar-refractivity contribution in [1.82, 2.24) is 15.0 Å². The van der Waals surface area contributed by atoms with E-state index in [2.05, 4.69) is 50.6 Å².